The van der Waals surface area contributed by atoms with Crippen molar-refractivity contribution in [3.05, 3.63) is 66.6 Å². The number of nitrogens with zero attached hydrogens (tertiary/aromatic N) is 1. The van der Waals surface area contributed by atoms with Gasteiger partial charge in [-0.05, 0) is 30.3 Å². The maximum Gasteiger partial charge on any atom is 0.274 e. The summed E-state index contributed by atoms with van der Waals surface area (Å²) >= 11 is 15.3. The van der Waals surface area contributed by atoms with Crippen molar-refractivity contribution in [1.82, 2.24) is 0 Å². The Labute approximate surface area is 134 Å². The zero-order valence-corrected chi connectivity index (χ0v) is 13.2. The Balaban J connectivity index is 2.22. The normalized spacial score (nSPS) is 10.3. The number of halogens is 3. The fourth-order valence-corrected chi connectivity index (χ4v) is 2.63. The lowest BCUT2D eigenvalue weighted by Crippen LogP contribution is -2.03. The highest BCUT2D eigenvalue weighted by Gasteiger charge is 2.14. The number of anilines is 1. The molecular weight excluding hydrogens is 367 g/mol. The van der Waals surface area contributed by atoms with Crippen molar-refractivity contribution in [2.75, 3.05) is 5.32 Å². The monoisotopic (exact) mass is 374 g/mol. The highest BCUT2D eigenvalue weighted by Crippen LogP contribution is 2.28. The van der Waals surface area contributed by atoms with Crippen LogP contribution in [0.4, 0.5) is 11.4 Å². The standard InChI is InChI=1S/C13H9BrCl2N2O2/c14-9-1-3-12(11(16)6-9)17-7-8-5-10(15)2-4-13(8)18(19)20/h1-6,17H,7H2. The van der Waals surface area contributed by atoms with Crippen LogP contribution in [0.5, 0.6) is 0 Å². The number of nitro benzene ring substituents is 1. The molecule has 0 aliphatic heterocycles. The molecule has 0 spiro atoms. The Morgan fingerprint density at radius 1 is 1.20 bits per heavy atom. The van der Waals surface area contributed by atoms with Gasteiger partial charge in [0.25, 0.3) is 5.69 Å². The molecule has 0 saturated heterocycles. The van der Waals surface area contributed by atoms with E-state index in [-0.39, 0.29) is 12.2 Å². The molecule has 0 saturated carbocycles. The first-order valence-electron chi connectivity index (χ1n) is 5.59. The van der Waals surface area contributed by atoms with E-state index >= 15 is 0 Å². The summed E-state index contributed by atoms with van der Waals surface area (Å²) in [6.07, 6.45) is 0. The van der Waals surface area contributed by atoms with E-state index in [1.165, 1.54) is 12.1 Å². The van der Waals surface area contributed by atoms with Gasteiger partial charge in [0, 0.05) is 22.1 Å². The SMILES string of the molecule is O=[N+]([O-])c1ccc(Cl)cc1CNc1ccc(Br)cc1Cl. The van der Waals surface area contributed by atoms with Crippen LogP contribution < -0.4 is 5.32 Å². The third-order valence-electron chi connectivity index (χ3n) is 2.64. The molecule has 104 valence electrons. The molecule has 0 aromatic heterocycles. The minimum absolute atomic E-state index is 0.0233. The van der Waals surface area contributed by atoms with Gasteiger partial charge in [0.05, 0.1) is 21.2 Å². The molecule has 2 aromatic rings. The van der Waals surface area contributed by atoms with Crippen molar-refractivity contribution in [3.63, 3.8) is 0 Å². The molecule has 0 aliphatic rings. The molecule has 0 heterocycles. The Hall–Kier alpha value is -1.30. The second-order valence-corrected chi connectivity index (χ2v) is 5.77. The first-order valence-corrected chi connectivity index (χ1v) is 7.14. The van der Waals surface area contributed by atoms with Crippen molar-refractivity contribution in [1.29, 1.82) is 0 Å². The van der Waals surface area contributed by atoms with Crippen molar-refractivity contribution in [3.8, 4) is 0 Å². The van der Waals surface area contributed by atoms with Crippen LogP contribution in [0.25, 0.3) is 0 Å². The van der Waals surface area contributed by atoms with E-state index in [4.69, 9.17) is 23.2 Å². The van der Waals surface area contributed by atoms with Crippen LogP contribution in [0.1, 0.15) is 5.56 Å². The Kier molecular flexibility index (Phi) is 4.86. The van der Waals surface area contributed by atoms with E-state index < -0.39 is 4.92 Å². The number of nitrogens with one attached hydrogen (secondary N) is 1. The number of hydrogen-bond donors (Lipinski definition) is 1. The van der Waals surface area contributed by atoms with Crippen LogP contribution in [0.2, 0.25) is 10.0 Å². The molecular formula is C13H9BrCl2N2O2. The first kappa shape index (κ1) is 15.1. The zero-order valence-electron chi connectivity index (χ0n) is 10.1. The molecule has 0 radical (unpaired) electrons. The molecule has 0 amide bonds. The molecule has 1 N–H and O–H groups in total. The lowest BCUT2D eigenvalue weighted by Gasteiger charge is -2.09. The summed E-state index contributed by atoms with van der Waals surface area (Å²) in [5.74, 6) is 0. The molecule has 0 aliphatic carbocycles. The van der Waals surface area contributed by atoms with E-state index in [2.05, 4.69) is 21.2 Å². The number of nitro groups is 1. The van der Waals surface area contributed by atoms with E-state index in [9.17, 15) is 10.1 Å². The Bertz CT molecular complexity index is 665. The highest BCUT2D eigenvalue weighted by atomic mass is 79.9. The predicted octanol–water partition coefficient (Wildman–Crippen LogP) is 5.28. The van der Waals surface area contributed by atoms with Gasteiger partial charge >= 0.3 is 0 Å². The smallest absolute Gasteiger partial charge is 0.274 e. The number of hydrogen-bond acceptors (Lipinski definition) is 3. The summed E-state index contributed by atoms with van der Waals surface area (Å²) in [6, 6.07) is 9.83. The van der Waals surface area contributed by atoms with Gasteiger partial charge in [-0.3, -0.25) is 10.1 Å². The van der Waals surface area contributed by atoms with E-state index in [1.807, 2.05) is 6.07 Å². The molecule has 7 heteroatoms. The summed E-state index contributed by atoms with van der Waals surface area (Å²) in [6.45, 7) is 0.262. The lowest BCUT2D eigenvalue weighted by molar-refractivity contribution is -0.385. The van der Waals surface area contributed by atoms with Crippen LogP contribution in [-0.4, -0.2) is 4.92 Å². The average molecular weight is 376 g/mol. The van der Waals surface area contributed by atoms with E-state index in [0.717, 1.165) is 4.47 Å². The van der Waals surface area contributed by atoms with Gasteiger partial charge in [0.1, 0.15) is 0 Å². The highest BCUT2D eigenvalue weighted by molar-refractivity contribution is 9.10. The molecule has 4 nitrogen and oxygen atoms in total. The average Bonchev–Trinajstić information content (AvgIpc) is 2.37. The van der Waals surface area contributed by atoms with E-state index in [1.54, 1.807) is 18.2 Å². The van der Waals surface area contributed by atoms with Crippen molar-refractivity contribution in [2.24, 2.45) is 0 Å². The molecule has 2 aromatic carbocycles. The lowest BCUT2D eigenvalue weighted by atomic mass is 10.1. The van der Waals surface area contributed by atoms with Crippen molar-refractivity contribution >= 4 is 50.5 Å². The molecule has 2 rings (SSSR count). The number of benzene rings is 2. The molecule has 0 bridgehead atoms. The summed E-state index contributed by atoms with van der Waals surface area (Å²) in [5.41, 5.74) is 1.22. The fraction of sp³-hybridized carbons (Fsp3) is 0.0769. The summed E-state index contributed by atoms with van der Waals surface area (Å²) in [7, 11) is 0. The van der Waals surface area contributed by atoms with Crippen LogP contribution in [-0.2, 0) is 6.54 Å². The van der Waals surface area contributed by atoms with Crippen molar-refractivity contribution < 1.29 is 4.92 Å². The molecule has 0 atom stereocenters. The summed E-state index contributed by atoms with van der Waals surface area (Å²) in [4.78, 5) is 10.5. The maximum atomic E-state index is 11.0. The minimum Gasteiger partial charge on any atom is -0.379 e. The Morgan fingerprint density at radius 3 is 2.60 bits per heavy atom. The minimum atomic E-state index is -0.434. The predicted molar refractivity (Wildman–Crippen MR) is 84.6 cm³/mol. The van der Waals surface area contributed by atoms with Gasteiger partial charge in [-0.1, -0.05) is 39.1 Å². The second kappa shape index (κ2) is 6.43. The topological polar surface area (TPSA) is 55.2 Å². The maximum absolute atomic E-state index is 11.0. The molecule has 0 unspecified atom stereocenters. The van der Waals surface area contributed by atoms with Gasteiger partial charge in [-0.15, -0.1) is 0 Å². The van der Waals surface area contributed by atoms with E-state index in [0.29, 0.717) is 21.3 Å². The number of rotatable bonds is 4. The van der Waals surface area contributed by atoms with Gasteiger partial charge < -0.3 is 5.32 Å². The van der Waals surface area contributed by atoms with Crippen LogP contribution in [0.3, 0.4) is 0 Å². The van der Waals surface area contributed by atoms with Gasteiger partial charge in [-0.2, -0.15) is 0 Å². The van der Waals surface area contributed by atoms with Gasteiger partial charge in [0.2, 0.25) is 0 Å². The molecule has 0 fully saturated rings. The third-order valence-corrected chi connectivity index (χ3v) is 3.68. The summed E-state index contributed by atoms with van der Waals surface area (Å²) < 4.78 is 0.863. The van der Waals surface area contributed by atoms with Crippen molar-refractivity contribution in [2.45, 2.75) is 6.54 Å². The quantitative estimate of drug-likeness (QED) is 0.584. The van der Waals surface area contributed by atoms with Crippen LogP contribution in [0, 0.1) is 10.1 Å². The third kappa shape index (κ3) is 3.62. The van der Waals surface area contributed by atoms with Gasteiger partial charge in [-0.25, -0.2) is 0 Å². The fourth-order valence-electron chi connectivity index (χ4n) is 1.70. The zero-order chi connectivity index (χ0) is 14.7. The largest absolute Gasteiger partial charge is 0.379 e. The van der Waals surface area contributed by atoms with Gasteiger partial charge in [0.15, 0.2) is 0 Å². The summed E-state index contributed by atoms with van der Waals surface area (Å²) in [5, 5.41) is 15.0. The first-order chi connectivity index (χ1) is 9.47. The Morgan fingerprint density at radius 2 is 1.95 bits per heavy atom. The van der Waals surface area contributed by atoms with Crippen LogP contribution in [0.15, 0.2) is 40.9 Å². The molecule has 20 heavy (non-hydrogen) atoms. The van der Waals surface area contributed by atoms with Crippen LogP contribution >= 0.6 is 39.1 Å². The second-order valence-electron chi connectivity index (χ2n) is 4.01.